The molecule has 0 aliphatic carbocycles. The fraction of sp³-hybridized carbons (Fsp3) is 0.500. The van der Waals surface area contributed by atoms with Crippen molar-refractivity contribution in [2.75, 3.05) is 13.1 Å². The first-order valence-electron chi connectivity index (χ1n) is 6.18. The van der Waals surface area contributed by atoms with Gasteiger partial charge in [0.2, 0.25) is 5.91 Å². The molecule has 0 bridgehead atoms. The lowest BCUT2D eigenvalue weighted by Gasteiger charge is -2.14. The summed E-state index contributed by atoms with van der Waals surface area (Å²) in [6.45, 7) is 1.93. The lowest BCUT2D eigenvalue weighted by Crippen LogP contribution is -2.25. The number of aryl methyl sites for hydroxylation is 1. The third-order valence-electron chi connectivity index (χ3n) is 3.16. The zero-order valence-electron chi connectivity index (χ0n) is 9.69. The Hall–Kier alpha value is -1.31. The third kappa shape index (κ3) is 3.09. The quantitative estimate of drug-likeness (QED) is 0.694. The van der Waals surface area contributed by atoms with Gasteiger partial charge in [-0.05, 0) is 31.2 Å². The molecule has 0 atom stereocenters. The first kappa shape index (κ1) is 11.2. The van der Waals surface area contributed by atoms with Crippen molar-refractivity contribution in [1.82, 2.24) is 4.90 Å². The molecule has 1 fully saturated rings. The molecule has 0 saturated carbocycles. The summed E-state index contributed by atoms with van der Waals surface area (Å²) < 4.78 is 0. The molecule has 86 valence electrons. The summed E-state index contributed by atoms with van der Waals surface area (Å²) in [7, 11) is 0. The van der Waals surface area contributed by atoms with Gasteiger partial charge in [0.25, 0.3) is 0 Å². The van der Waals surface area contributed by atoms with Crippen LogP contribution < -0.4 is 0 Å². The molecule has 2 heteroatoms. The van der Waals surface area contributed by atoms with Crippen LogP contribution in [0.3, 0.4) is 0 Å². The Morgan fingerprint density at radius 3 is 2.62 bits per heavy atom. The second-order valence-corrected chi connectivity index (χ2v) is 4.43. The molecule has 2 rings (SSSR count). The zero-order valence-corrected chi connectivity index (χ0v) is 9.69. The fourth-order valence-electron chi connectivity index (χ4n) is 2.22. The molecular weight excluding hydrogens is 198 g/mol. The summed E-state index contributed by atoms with van der Waals surface area (Å²) in [6, 6.07) is 10.5. The van der Waals surface area contributed by atoms with Gasteiger partial charge in [0, 0.05) is 19.5 Å². The van der Waals surface area contributed by atoms with Gasteiger partial charge in [-0.15, -0.1) is 0 Å². The Kier molecular flexibility index (Phi) is 3.97. The van der Waals surface area contributed by atoms with Crippen LogP contribution in [0.4, 0.5) is 0 Å². The Balaban J connectivity index is 1.64. The number of carbonyl (C=O) groups is 1. The molecule has 1 aliphatic rings. The number of rotatable bonds is 5. The number of likely N-dealkylation sites (tertiary alicyclic amines) is 1. The summed E-state index contributed by atoms with van der Waals surface area (Å²) in [5.41, 5.74) is 1.40. The minimum atomic E-state index is 0.347. The second kappa shape index (κ2) is 5.69. The van der Waals surface area contributed by atoms with Crippen LogP contribution in [0.1, 0.15) is 31.2 Å². The van der Waals surface area contributed by atoms with Gasteiger partial charge in [-0.25, -0.2) is 0 Å². The summed E-state index contributed by atoms with van der Waals surface area (Å²) in [5, 5.41) is 0. The van der Waals surface area contributed by atoms with Gasteiger partial charge in [0.05, 0.1) is 0 Å². The molecule has 0 N–H and O–H groups in total. The Morgan fingerprint density at radius 1 is 1.12 bits per heavy atom. The third-order valence-corrected chi connectivity index (χ3v) is 3.16. The summed E-state index contributed by atoms with van der Waals surface area (Å²) >= 11 is 0. The van der Waals surface area contributed by atoms with Crippen molar-refractivity contribution in [1.29, 1.82) is 0 Å². The van der Waals surface area contributed by atoms with Crippen LogP contribution in [0.5, 0.6) is 0 Å². The predicted molar refractivity (Wildman–Crippen MR) is 65.2 cm³/mol. The van der Waals surface area contributed by atoms with Gasteiger partial charge in [0.1, 0.15) is 0 Å². The minimum Gasteiger partial charge on any atom is -0.343 e. The molecule has 0 aromatic heterocycles. The van der Waals surface area contributed by atoms with E-state index in [0.29, 0.717) is 5.91 Å². The van der Waals surface area contributed by atoms with Crippen LogP contribution in [0.15, 0.2) is 30.3 Å². The highest BCUT2D eigenvalue weighted by atomic mass is 16.2. The maximum atomic E-state index is 11.4. The number of benzene rings is 1. The monoisotopic (exact) mass is 217 g/mol. The van der Waals surface area contributed by atoms with E-state index < -0.39 is 0 Å². The lowest BCUT2D eigenvalue weighted by atomic mass is 10.1. The second-order valence-electron chi connectivity index (χ2n) is 4.43. The number of unbranched alkanes of at least 4 members (excludes halogenated alkanes) is 1. The fourth-order valence-corrected chi connectivity index (χ4v) is 2.22. The van der Waals surface area contributed by atoms with E-state index in [4.69, 9.17) is 0 Å². The zero-order chi connectivity index (χ0) is 11.2. The van der Waals surface area contributed by atoms with E-state index in [2.05, 4.69) is 24.3 Å². The molecule has 16 heavy (non-hydrogen) atoms. The SMILES string of the molecule is O=C1CCCN1CCCCc1ccccc1. The molecule has 1 heterocycles. The van der Waals surface area contributed by atoms with Crippen molar-refractivity contribution in [3.8, 4) is 0 Å². The van der Waals surface area contributed by atoms with E-state index in [1.54, 1.807) is 0 Å². The van der Waals surface area contributed by atoms with Gasteiger partial charge in [-0.1, -0.05) is 30.3 Å². The van der Waals surface area contributed by atoms with Crippen molar-refractivity contribution in [2.24, 2.45) is 0 Å². The smallest absolute Gasteiger partial charge is 0.222 e. The van der Waals surface area contributed by atoms with Crippen molar-refractivity contribution in [2.45, 2.75) is 32.1 Å². The topological polar surface area (TPSA) is 20.3 Å². The first-order valence-corrected chi connectivity index (χ1v) is 6.18. The average molecular weight is 217 g/mol. The predicted octanol–water partition coefficient (Wildman–Crippen LogP) is 2.63. The molecule has 1 aliphatic heterocycles. The van der Waals surface area contributed by atoms with Crippen molar-refractivity contribution < 1.29 is 4.79 Å². The van der Waals surface area contributed by atoms with Gasteiger partial charge >= 0.3 is 0 Å². The van der Waals surface area contributed by atoms with Crippen LogP contribution >= 0.6 is 0 Å². The number of amides is 1. The molecular formula is C14H19NO. The molecule has 1 saturated heterocycles. The van der Waals surface area contributed by atoms with Crippen molar-refractivity contribution in [3.05, 3.63) is 35.9 Å². The highest BCUT2D eigenvalue weighted by molar-refractivity contribution is 5.77. The standard InChI is InChI=1S/C14H19NO/c16-14-10-6-12-15(14)11-5-4-9-13-7-2-1-3-8-13/h1-3,7-8H,4-6,9-12H2. The van der Waals surface area contributed by atoms with E-state index in [-0.39, 0.29) is 0 Å². The molecule has 1 aromatic rings. The summed E-state index contributed by atoms with van der Waals surface area (Å²) in [5.74, 6) is 0.347. The maximum absolute atomic E-state index is 11.4. The van der Waals surface area contributed by atoms with Gasteiger partial charge < -0.3 is 4.90 Å². The normalized spacial score (nSPS) is 15.8. The van der Waals surface area contributed by atoms with Crippen LogP contribution in [0.25, 0.3) is 0 Å². The number of hydrogen-bond donors (Lipinski definition) is 0. The Labute approximate surface area is 97.3 Å². The van der Waals surface area contributed by atoms with E-state index in [0.717, 1.165) is 38.8 Å². The molecule has 0 spiro atoms. The van der Waals surface area contributed by atoms with Crippen LogP contribution in [0.2, 0.25) is 0 Å². The first-order chi connectivity index (χ1) is 7.86. The van der Waals surface area contributed by atoms with Gasteiger partial charge in [-0.3, -0.25) is 4.79 Å². The summed E-state index contributed by atoms with van der Waals surface area (Å²) in [6.07, 6.45) is 5.24. The van der Waals surface area contributed by atoms with Crippen LogP contribution in [0, 0.1) is 0 Å². The van der Waals surface area contributed by atoms with Crippen molar-refractivity contribution in [3.63, 3.8) is 0 Å². The number of hydrogen-bond acceptors (Lipinski definition) is 1. The lowest BCUT2D eigenvalue weighted by molar-refractivity contribution is -0.127. The maximum Gasteiger partial charge on any atom is 0.222 e. The molecule has 0 unspecified atom stereocenters. The van der Waals surface area contributed by atoms with Gasteiger partial charge in [0.15, 0.2) is 0 Å². The summed E-state index contributed by atoms with van der Waals surface area (Å²) in [4.78, 5) is 13.4. The molecule has 2 nitrogen and oxygen atoms in total. The van der Waals surface area contributed by atoms with E-state index >= 15 is 0 Å². The van der Waals surface area contributed by atoms with E-state index in [9.17, 15) is 4.79 Å². The van der Waals surface area contributed by atoms with Crippen molar-refractivity contribution >= 4 is 5.91 Å². The van der Waals surface area contributed by atoms with Gasteiger partial charge in [-0.2, -0.15) is 0 Å². The highest BCUT2D eigenvalue weighted by Gasteiger charge is 2.18. The average Bonchev–Trinajstić information content (AvgIpc) is 2.72. The Bertz CT molecular complexity index is 334. The molecule has 0 radical (unpaired) electrons. The van der Waals surface area contributed by atoms with Crippen LogP contribution in [-0.4, -0.2) is 23.9 Å². The molecule has 1 amide bonds. The molecule has 1 aromatic carbocycles. The number of carbonyl (C=O) groups excluding carboxylic acids is 1. The van der Waals surface area contributed by atoms with E-state index in [1.807, 2.05) is 11.0 Å². The van der Waals surface area contributed by atoms with Crippen LogP contribution in [-0.2, 0) is 11.2 Å². The largest absolute Gasteiger partial charge is 0.343 e. The number of nitrogens with zero attached hydrogens (tertiary/aromatic N) is 1. The minimum absolute atomic E-state index is 0.347. The Morgan fingerprint density at radius 2 is 1.94 bits per heavy atom. The van der Waals surface area contributed by atoms with E-state index in [1.165, 1.54) is 12.0 Å². The highest BCUT2D eigenvalue weighted by Crippen LogP contribution is 2.11.